The Labute approximate surface area is 102 Å². The van der Waals surface area contributed by atoms with E-state index in [1.807, 2.05) is 4.57 Å². The van der Waals surface area contributed by atoms with E-state index in [0.29, 0.717) is 0 Å². The topological polar surface area (TPSA) is 34.0 Å². The van der Waals surface area contributed by atoms with Gasteiger partial charge in [0.1, 0.15) is 12.7 Å². The summed E-state index contributed by atoms with van der Waals surface area (Å²) in [5, 5.41) is 7.61. The second-order valence-electron chi connectivity index (χ2n) is 4.12. The lowest BCUT2D eigenvalue weighted by atomic mass is 10.2. The molecule has 1 heterocycles. The quantitative estimate of drug-likeness (QED) is 0.789. The third kappa shape index (κ3) is 3.06. The van der Waals surface area contributed by atoms with Crippen LogP contribution in [0.3, 0.4) is 0 Å². The summed E-state index contributed by atoms with van der Waals surface area (Å²) in [6, 6.07) is 8.60. The van der Waals surface area contributed by atoms with E-state index in [2.05, 4.69) is 53.2 Å². The Morgan fingerprint density at radius 1 is 1.24 bits per heavy atom. The fourth-order valence-corrected chi connectivity index (χ4v) is 1.87. The summed E-state index contributed by atoms with van der Waals surface area (Å²) in [5.41, 5.74) is 2.57. The van der Waals surface area contributed by atoms with Crippen LogP contribution in [0.15, 0.2) is 36.9 Å². The highest BCUT2D eigenvalue weighted by molar-refractivity contribution is 5.48. The molecule has 2 rings (SSSR count). The van der Waals surface area contributed by atoms with Crippen molar-refractivity contribution in [2.45, 2.75) is 20.4 Å². The van der Waals surface area contributed by atoms with Crippen molar-refractivity contribution < 1.29 is 0 Å². The molecule has 4 heteroatoms. The van der Waals surface area contributed by atoms with E-state index in [1.165, 1.54) is 11.3 Å². The maximum Gasteiger partial charge on any atom is 0.119 e. The molecule has 0 aliphatic rings. The molecule has 0 radical (unpaired) electrons. The number of likely N-dealkylation sites (N-methyl/N-ethyl adjacent to an activating group) is 1. The molecule has 0 bridgehead atoms. The highest BCUT2D eigenvalue weighted by Crippen LogP contribution is 2.15. The molecule has 0 fully saturated rings. The molecule has 4 nitrogen and oxygen atoms in total. The van der Waals surface area contributed by atoms with E-state index < -0.39 is 0 Å². The van der Waals surface area contributed by atoms with Crippen molar-refractivity contribution >= 4 is 5.69 Å². The summed E-state index contributed by atoms with van der Waals surface area (Å²) in [4.78, 5) is 2.35. The summed E-state index contributed by atoms with van der Waals surface area (Å²) < 4.78 is 2.00. The van der Waals surface area contributed by atoms with Gasteiger partial charge < -0.3 is 9.47 Å². The Morgan fingerprint density at radius 3 is 2.65 bits per heavy atom. The second kappa shape index (κ2) is 5.48. The molecule has 0 spiro atoms. The molecule has 17 heavy (non-hydrogen) atoms. The number of anilines is 1. The largest absolute Gasteiger partial charge is 0.370 e. The number of aromatic nitrogens is 3. The first kappa shape index (κ1) is 11.6. The van der Waals surface area contributed by atoms with Crippen LogP contribution in [-0.4, -0.2) is 27.9 Å². The van der Waals surface area contributed by atoms with Gasteiger partial charge in [-0.25, -0.2) is 0 Å². The van der Waals surface area contributed by atoms with Crippen molar-refractivity contribution in [3.63, 3.8) is 0 Å². The van der Waals surface area contributed by atoms with E-state index in [9.17, 15) is 0 Å². The van der Waals surface area contributed by atoms with Crippen LogP contribution in [0.25, 0.3) is 0 Å². The van der Waals surface area contributed by atoms with Gasteiger partial charge in [0, 0.05) is 25.3 Å². The van der Waals surface area contributed by atoms with Gasteiger partial charge in [0.15, 0.2) is 0 Å². The molecule has 0 N–H and O–H groups in total. The van der Waals surface area contributed by atoms with E-state index in [1.54, 1.807) is 12.7 Å². The summed E-state index contributed by atoms with van der Waals surface area (Å²) in [6.07, 6.45) is 3.51. The zero-order valence-electron chi connectivity index (χ0n) is 10.4. The van der Waals surface area contributed by atoms with Crippen LogP contribution in [0.2, 0.25) is 0 Å². The molecule has 1 aromatic heterocycles. The Bertz CT molecular complexity index is 450. The minimum Gasteiger partial charge on any atom is -0.370 e. The van der Waals surface area contributed by atoms with Crippen LogP contribution < -0.4 is 4.90 Å². The van der Waals surface area contributed by atoms with E-state index in [-0.39, 0.29) is 0 Å². The van der Waals surface area contributed by atoms with Crippen LogP contribution in [0.4, 0.5) is 5.69 Å². The number of rotatable bonds is 5. The number of aryl methyl sites for hydroxylation is 1. The molecule has 0 atom stereocenters. The minimum atomic E-state index is 0.911. The predicted molar refractivity (Wildman–Crippen MR) is 69.1 cm³/mol. The Morgan fingerprint density at radius 2 is 2.00 bits per heavy atom. The molecule has 2 aromatic rings. The Kier molecular flexibility index (Phi) is 3.75. The van der Waals surface area contributed by atoms with Crippen molar-refractivity contribution in [2.24, 2.45) is 0 Å². The van der Waals surface area contributed by atoms with Gasteiger partial charge in [-0.05, 0) is 31.5 Å². The Hall–Kier alpha value is -1.84. The SMILES string of the molecule is CCN(CCn1cnnc1)c1cccc(C)c1. The average Bonchev–Trinajstić information content (AvgIpc) is 2.83. The van der Waals surface area contributed by atoms with Crippen molar-refractivity contribution in [2.75, 3.05) is 18.0 Å². The second-order valence-corrected chi connectivity index (χ2v) is 4.12. The van der Waals surface area contributed by atoms with E-state index >= 15 is 0 Å². The van der Waals surface area contributed by atoms with E-state index in [4.69, 9.17) is 0 Å². The van der Waals surface area contributed by atoms with E-state index in [0.717, 1.165) is 19.6 Å². The Balaban J connectivity index is 2.01. The first-order chi connectivity index (χ1) is 8.29. The fraction of sp³-hybridized carbons (Fsp3) is 0.385. The summed E-state index contributed by atoms with van der Waals surface area (Å²) in [7, 11) is 0. The van der Waals surface area contributed by atoms with Crippen LogP contribution >= 0.6 is 0 Å². The van der Waals surface area contributed by atoms with Crippen LogP contribution in [0, 0.1) is 6.92 Å². The van der Waals surface area contributed by atoms with Gasteiger partial charge in [-0.3, -0.25) is 0 Å². The lowest BCUT2D eigenvalue weighted by Crippen LogP contribution is -2.26. The first-order valence-corrected chi connectivity index (χ1v) is 5.93. The van der Waals surface area contributed by atoms with Crippen LogP contribution in [0.1, 0.15) is 12.5 Å². The maximum absolute atomic E-state index is 3.81. The smallest absolute Gasteiger partial charge is 0.119 e. The molecule has 0 aliphatic carbocycles. The lowest BCUT2D eigenvalue weighted by molar-refractivity contribution is 0.662. The summed E-state index contributed by atoms with van der Waals surface area (Å²) in [5.74, 6) is 0. The molecule has 1 aromatic carbocycles. The highest BCUT2D eigenvalue weighted by atomic mass is 15.2. The first-order valence-electron chi connectivity index (χ1n) is 5.93. The normalized spacial score (nSPS) is 10.5. The van der Waals surface area contributed by atoms with Crippen molar-refractivity contribution in [1.29, 1.82) is 0 Å². The number of nitrogens with zero attached hydrogens (tertiary/aromatic N) is 4. The number of benzene rings is 1. The van der Waals surface area contributed by atoms with Crippen molar-refractivity contribution in [3.05, 3.63) is 42.5 Å². The molecular weight excluding hydrogens is 212 g/mol. The van der Waals surface area contributed by atoms with Gasteiger partial charge in [-0.1, -0.05) is 12.1 Å². The molecule has 0 unspecified atom stereocenters. The number of hydrogen-bond donors (Lipinski definition) is 0. The molecule has 90 valence electrons. The molecule has 0 saturated heterocycles. The summed E-state index contributed by atoms with van der Waals surface area (Å²) >= 11 is 0. The minimum absolute atomic E-state index is 0.911. The molecule has 0 amide bonds. The van der Waals surface area contributed by atoms with Gasteiger partial charge in [0.2, 0.25) is 0 Å². The van der Waals surface area contributed by atoms with Crippen LogP contribution in [0.5, 0.6) is 0 Å². The van der Waals surface area contributed by atoms with Crippen molar-refractivity contribution in [3.8, 4) is 0 Å². The predicted octanol–water partition coefficient (Wildman–Crippen LogP) is 2.11. The van der Waals surface area contributed by atoms with Gasteiger partial charge in [-0.15, -0.1) is 10.2 Å². The zero-order valence-corrected chi connectivity index (χ0v) is 10.4. The van der Waals surface area contributed by atoms with Crippen LogP contribution in [-0.2, 0) is 6.54 Å². The standard InChI is InChI=1S/C13H18N4/c1-3-17(8-7-16-10-14-15-11-16)13-6-4-5-12(2)9-13/h4-6,9-11H,3,7-8H2,1-2H3. The monoisotopic (exact) mass is 230 g/mol. The highest BCUT2D eigenvalue weighted by Gasteiger charge is 2.04. The lowest BCUT2D eigenvalue weighted by Gasteiger charge is -2.23. The third-order valence-corrected chi connectivity index (χ3v) is 2.84. The van der Waals surface area contributed by atoms with Gasteiger partial charge in [-0.2, -0.15) is 0 Å². The van der Waals surface area contributed by atoms with Gasteiger partial charge in [0.25, 0.3) is 0 Å². The summed E-state index contributed by atoms with van der Waals surface area (Å²) in [6.45, 7) is 7.18. The maximum atomic E-state index is 3.81. The molecule has 0 saturated carbocycles. The fourth-order valence-electron chi connectivity index (χ4n) is 1.87. The number of hydrogen-bond acceptors (Lipinski definition) is 3. The third-order valence-electron chi connectivity index (χ3n) is 2.84. The molecule has 0 aliphatic heterocycles. The van der Waals surface area contributed by atoms with Gasteiger partial charge >= 0.3 is 0 Å². The zero-order chi connectivity index (χ0) is 12.1. The van der Waals surface area contributed by atoms with Crippen molar-refractivity contribution in [1.82, 2.24) is 14.8 Å². The molecular formula is C13H18N4. The van der Waals surface area contributed by atoms with Gasteiger partial charge in [0.05, 0.1) is 0 Å². The average molecular weight is 230 g/mol.